The predicted octanol–water partition coefficient (Wildman–Crippen LogP) is 5.02. The molecule has 1 aliphatic rings. The van der Waals surface area contributed by atoms with E-state index >= 15 is 0 Å². The van der Waals surface area contributed by atoms with Crippen LogP contribution >= 0.6 is 18.9 Å². The van der Waals surface area contributed by atoms with E-state index in [0.29, 0.717) is 5.25 Å². The molecule has 2 aromatic carbocycles. The van der Waals surface area contributed by atoms with Crippen molar-refractivity contribution in [3.05, 3.63) is 60.7 Å². The van der Waals surface area contributed by atoms with Crippen molar-refractivity contribution in [1.29, 1.82) is 0 Å². The first-order chi connectivity index (χ1) is 10.8. The molecule has 22 heavy (non-hydrogen) atoms. The van der Waals surface area contributed by atoms with E-state index in [1.54, 1.807) is 0 Å². The van der Waals surface area contributed by atoms with E-state index in [9.17, 15) is 4.57 Å². The molecule has 0 atom stereocenters. The van der Waals surface area contributed by atoms with Crippen molar-refractivity contribution in [2.75, 3.05) is 5.49 Å². The molecule has 0 aliphatic heterocycles. The third kappa shape index (κ3) is 3.67. The molecule has 0 radical (unpaired) electrons. The molecular weight excluding hydrogens is 307 g/mol. The summed E-state index contributed by atoms with van der Waals surface area (Å²) in [7, 11) is -2.53. The first-order valence-electron chi connectivity index (χ1n) is 8.11. The lowest BCUT2D eigenvalue weighted by atomic mass is 10.0. The molecule has 1 saturated carbocycles. The summed E-state index contributed by atoms with van der Waals surface area (Å²) in [6.07, 6.45) is 6.60. The normalized spacial score (nSPS) is 16.5. The summed E-state index contributed by atoms with van der Waals surface area (Å²) < 4.78 is 13.8. The van der Waals surface area contributed by atoms with Gasteiger partial charge in [-0.15, -0.1) is 0 Å². The minimum absolute atomic E-state index is 0.689. The Balaban J connectivity index is 1.85. The Morgan fingerprint density at radius 3 is 1.82 bits per heavy atom. The van der Waals surface area contributed by atoms with Gasteiger partial charge in [0.05, 0.1) is 5.49 Å². The second kappa shape index (κ2) is 7.53. The summed E-state index contributed by atoms with van der Waals surface area (Å²) >= 11 is 1.93. The van der Waals surface area contributed by atoms with E-state index in [0.717, 1.165) is 16.1 Å². The van der Waals surface area contributed by atoms with E-state index in [1.807, 2.05) is 72.4 Å². The van der Waals surface area contributed by atoms with Crippen molar-refractivity contribution in [3.8, 4) is 0 Å². The summed E-state index contributed by atoms with van der Waals surface area (Å²) in [6.45, 7) is 0. The Morgan fingerprint density at radius 2 is 1.32 bits per heavy atom. The van der Waals surface area contributed by atoms with Gasteiger partial charge in [0.2, 0.25) is 0 Å². The van der Waals surface area contributed by atoms with Crippen LogP contribution in [0.15, 0.2) is 60.7 Å². The van der Waals surface area contributed by atoms with E-state index in [2.05, 4.69) is 0 Å². The minimum atomic E-state index is -2.53. The Kier molecular flexibility index (Phi) is 5.44. The highest BCUT2D eigenvalue weighted by Crippen LogP contribution is 2.48. The van der Waals surface area contributed by atoms with Crippen LogP contribution in [0.2, 0.25) is 0 Å². The van der Waals surface area contributed by atoms with Gasteiger partial charge in [-0.1, -0.05) is 79.9 Å². The maximum Gasteiger partial charge on any atom is 0.152 e. The first kappa shape index (κ1) is 15.9. The second-order valence-corrected chi connectivity index (χ2v) is 10.5. The van der Waals surface area contributed by atoms with E-state index in [-0.39, 0.29) is 0 Å². The van der Waals surface area contributed by atoms with Gasteiger partial charge in [-0.05, 0) is 12.8 Å². The number of rotatable bonds is 5. The van der Waals surface area contributed by atoms with Crippen LogP contribution in [0.5, 0.6) is 0 Å². The molecule has 0 heterocycles. The molecule has 2 aromatic rings. The Bertz CT molecular complexity index is 577. The van der Waals surface area contributed by atoms with Crippen molar-refractivity contribution in [3.63, 3.8) is 0 Å². The van der Waals surface area contributed by atoms with Gasteiger partial charge >= 0.3 is 0 Å². The monoisotopic (exact) mass is 330 g/mol. The van der Waals surface area contributed by atoms with Crippen molar-refractivity contribution in [2.45, 2.75) is 37.4 Å². The molecular formula is C19H23OPS. The number of thioether (sulfide) groups is 1. The molecule has 1 aliphatic carbocycles. The van der Waals surface area contributed by atoms with E-state index in [4.69, 9.17) is 0 Å². The largest absolute Gasteiger partial charge is 0.313 e. The van der Waals surface area contributed by atoms with Gasteiger partial charge in [0.15, 0.2) is 7.14 Å². The van der Waals surface area contributed by atoms with Crippen molar-refractivity contribution < 1.29 is 4.57 Å². The molecule has 1 nitrogen and oxygen atoms in total. The van der Waals surface area contributed by atoms with Crippen LogP contribution in [0.25, 0.3) is 0 Å². The summed E-state index contributed by atoms with van der Waals surface area (Å²) in [5.41, 5.74) is 0.728. The lowest BCUT2D eigenvalue weighted by Gasteiger charge is -2.25. The van der Waals surface area contributed by atoms with Gasteiger partial charge in [-0.3, -0.25) is 0 Å². The summed E-state index contributed by atoms with van der Waals surface area (Å²) in [4.78, 5) is 0. The molecule has 0 saturated heterocycles. The first-order valence-corrected chi connectivity index (χ1v) is 11.0. The van der Waals surface area contributed by atoms with Crippen molar-refractivity contribution in [1.82, 2.24) is 0 Å². The van der Waals surface area contributed by atoms with Gasteiger partial charge < -0.3 is 4.57 Å². The second-order valence-electron chi connectivity index (χ2n) is 5.97. The molecule has 3 rings (SSSR count). The van der Waals surface area contributed by atoms with Crippen LogP contribution in [-0.4, -0.2) is 10.7 Å². The van der Waals surface area contributed by atoms with Gasteiger partial charge in [-0.25, -0.2) is 0 Å². The van der Waals surface area contributed by atoms with E-state index < -0.39 is 7.14 Å². The Labute approximate surface area is 137 Å². The third-order valence-corrected chi connectivity index (χ3v) is 9.65. The highest BCUT2D eigenvalue weighted by molar-refractivity contribution is 8.08. The van der Waals surface area contributed by atoms with Crippen LogP contribution in [0.3, 0.4) is 0 Å². The zero-order valence-corrected chi connectivity index (χ0v) is 14.6. The smallest absolute Gasteiger partial charge is 0.152 e. The van der Waals surface area contributed by atoms with Crippen LogP contribution in [0.4, 0.5) is 0 Å². The van der Waals surface area contributed by atoms with Gasteiger partial charge in [0, 0.05) is 15.9 Å². The zero-order valence-electron chi connectivity index (χ0n) is 12.9. The predicted molar refractivity (Wildman–Crippen MR) is 99.1 cm³/mol. The summed E-state index contributed by atoms with van der Waals surface area (Å²) in [5.74, 6) is 0. The average molecular weight is 330 g/mol. The maximum absolute atomic E-state index is 13.8. The molecule has 0 N–H and O–H groups in total. The minimum Gasteiger partial charge on any atom is -0.313 e. The highest BCUT2D eigenvalue weighted by Gasteiger charge is 2.28. The molecule has 0 aromatic heterocycles. The van der Waals surface area contributed by atoms with Crippen LogP contribution in [0, 0.1) is 0 Å². The van der Waals surface area contributed by atoms with Crippen molar-refractivity contribution >= 4 is 29.5 Å². The SMILES string of the molecule is O=P(CSC1CCCCC1)(c1ccccc1)c1ccccc1. The van der Waals surface area contributed by atoms with Gasteiger partial charge in [0.25, 0.3) is 0 Å². The van der Waals surface area contributed by atoms with Crippen LogP contribution in [0.1, 0.15) is 32.1 Å². The fourth-order valence-corrected chi connectivity index (χ4v) is 8.23. The molecule has 0 spiro atoms. The van der Waals surface area contributed by atoms with E-state index in [1.165, 1.54) is 32.1 Å². The molecule has 3 heteroatoms. The fraction of sp³-hybridized carbons (Fsp3) is 0.368. The summed E-state index contributed by atoms with van der Waals surface area (Å²) in [6, 6.07) is 20.1. The average Bonchev–Trinajstić information content (AvgIpc) is 2.62. The zero-order chi connectivity index (χ0) is 15.3. The molecule has 0 unspecified atom stereocenters. The van der Waals surface area contributed by atoms with Gasteiger partial charge in [-0.2, -0.15) is 11.8 Å². The number of hydrogen-bond acceptors (Lipinski definition) is 2. The number of hydrogen-bond donors (Lipinski definition) is 0. The lowest BCUT2D eigenvalue weighted by molar-refractivity contribution is 0.516. The molecule has 1 fully saturated rings. The molecule has 0 bridgehead atoms. The van der Waals surface area contributed by atoms with Crippen molar-refractivity contribution in [2.24, 2.45) is 0 Å². The van der Waals surface area contributed by atoms with Crippen LogP contribution < -0.4 is 10.6 Å². The fourth-order valence-electron chi connectivity index (χ4n) is 3.08. The standard InChI is InChI=1S/C19H23OPS/c20-21(17-10-4-1-5-11-17,18-12-6-2-7-13-18)16-22-19-14-8-3-9-15-19/h1-2,4-7,10-13,19H,3,8-9,14-16H2. The maximum atomic E-state index is 13.8. The Morgan fingerprint density at radius 1 is 0.818 bits per heavy atom. The topological polar surface area (TPSA) is 17.1 Å². The van der Waals surface area contributed by atoms with Gasteiger partial charge in [0.1, 0.15) is 0 Å². The molecule has 116 valence electrons. The third-order valence-electron chi connectivity index (χ3n) is 4.39. The Hall–Kier alpha value is -0.980. The molecule has 0 amide bonds. The summed E-state index contributed by atoms with van der Waals surface area (Å²) in [5, 5.41) is 2.67. The van der Waals surface area contributed by atoms with Crippen LogP contribution in [-0.2, 0) is 4.57 Å². The quantitative estimate of drug-likeness (QED) is 0.716. The number of benzene rings is 2. The lowest BCUT2D eigenvalue weighted by Crippen LogP contribution is -2.19. The highest BCUT2D eigenvalue weighted by atomic mass is 32.2.